The standard InChI is InChI=1S/C22H24N2O3/c1-13-9-14(2)17-10-18(23-21(17)15(13)3)22(25)24(4)11-16-12-26-19-7-5-6-8-20(19)27-16/h5-10,16,23H,11-12H2,1-4H3. The van der Waals surface area contributed by atoms with Crippen molar-refractivity contribution in [2.75, 3.05) is 20.2 Å². The Morgan fingerprint density at radius 3 is 2.67 bits per heavy atom. The lowest BCUT2D eigenvalue weighted by Crippen LogP contribution is -2.41. The van der Waals surface area contributed by atoms with Gasteiger partial charge in [0.25, 0.3) is 5.91 Å². The maximum Gasteiger partial charge on any atom is 0.270 e. The second kappa shape index (κ2) is 6.65. The van der Waals surface area contributed by atoms with Crippen LogP contribution in [0.4, 0.5) is 0 Å². The van der Waals surface area contributed by atoms with E-state index < -0.39 is 0 Å². The lowest BCUT2D eigenvalue weighted by atomic mass is 10.0. The van der Waals surface area contributed by atoms with Gasteiger partial charge in [0, 0.05) is 18.0 Å². The molecule has 1 aliphatic rings. The molecular formula is C22H24N2O3. The van der Waals surface area contributed by atoms with Gasteiger partial charge in [0.15, 0.2) is 17.6 Å². The second-order valence-electron chi connectivity index (χ2n) is 7.29. The first-order valence-corrected chi connectivity index (χ1v) is 9.17. The number of hydrogen-bond donors (Lipinski definition) is 1. The lowest BCUT2D eigenvalue weighted by molar-refractivity contribution is 0.0518. The van der Waals surface area contributed by atoms with Crippen molar-refractivity contribution < 1.29 is 14.3 Å². The third kappa shape index (κ3) is 3.14. The van der Waals surface area contributed by atoms with Gasteiger partial charge in [-0.25, -0.2) is 0 Å². The van der Waals surface area contributed by atoms with Crippen LogP contribution in [0.1, 0.15) is 27.2 Å². The number of carbonyl (C=O) groups excluding carboxylic acids is 1. The van der Waals surface area contributed by atoms with Crippen LogP contribution in [0.3, 0.4) is 0 Å². The summed E-state index contributed by atoms with van der Waals surface area (Å²) >= 11 is 0. The Bertz CT molecular complexity index is 1020. The molecule has 0 saturated heterocycles. The number of carbonyl (C=O) groups is 1. The van der Waals surface area contributed by atoms with E-state index in [0.717, 1.165) is 22.4 Å². The Hall–Kier alpha value is -2.95. The molecule has 140 valence electrons. The maximum absolute atomic E-state index is 12.9. The summed E-state index contributed by atoms with van der Waals surface area (Å²) in [5.74, 6) is 1.42. The summed E-state index contributed by atoms with van der Waals surface area (Å²) in [5.41, 5.74) is 5.21. The van der Waals surface area contributed by atoms with Crippen LogP contribution < -0.4 is 9.47 Å². The minimum atomic E-state index is -0.191. The van der Waals surface area contributed by atoms with E-state index in [0.29, 0.717) is 18.8 Å². The highest BCUT2D eigenvalue weighted by atomic mass is 16.6. The summed E-state index contributed by atoms with van der Waals surface area (Å²) in [6.07, 6.45) is -0.191. The van der Waals surface area contributed by atoms with E-state index in [9.17, 15) is 4.79 Å². The number of aromatic amines is 1. The van der Waals surface area contributed by atoms with Gasteiger partial charge >= 0.3 is 0 Å². The molecule has 1 atom stereocenters. The number of nitrogens with zero attached hydrogens (tertiary/aromatic N) is 1. The van der Waals surface area contributed by atoms with Gasteiger partial charge in [-0.15, -0.1) is 0 Å². The number of likely N-dealkylation sites (N-methyl/N-ethyl adjacent to an activating group) is 1. The van der Waals surface area contributed by atoms with Crippen LogP contribution in [0.2, 0.25) is 0 Å². The van der Waals surface area contributed by atoms with Crippen molar-refractivity contribution in [2.45, 2.75) is 26.9 Å². The van der Waals surface area contributed by atoms with Gasteiger partial charge in [-0.2, -0.15) is 0 Å². The summed E-state index contributed by atoms with van der Waals surface area (Å²) in [5, 5.41) is 1.10. The molecule has 27 heavy (non-hydrogen) atoms. The topological polar surface area (TPSA) is 54.6 Å². The van der Waals surface area contributed by atoms with Gasteiger partial charge < -0.3 is 19.4 Å². The highest BCUT2D eigenvalue weighted by Gasteiger charge is 2.25. The molecule has 0 saturated carbocycles. The van der Waals surface area contributed by atoms with Crippen molar-refractivity contribution in [1.29, 1.82) is 0 Å². The van der Waals surface area contributed by atoms with Gasteiger partial charge in [-0.1, -0.05) is 18.2 Å². The first-order valence-electron chi connectivity index (χ1n) is 9.17. The first-order chi connectivity index (χ1) is 12.9. The van der Waals surface area contributed by atoms with Crippen molar-refractivity contribution in [3.8, 4) is 11.5 Å². The minimum Gasteiger partial charge on any atom is -0.486 e. The van der Waals surface area contributed by atoms with E-state index in [1.165, 1.54) is 16.7 Å². The zero-order valence-electron chi connectivity index (χ0n) is 16.1. The number of aromatic nitrogens is 1. The number of benzene rings is 2. The molecule has 1 unspecified atom stereocenters. The number of fused-ring (bicyclic) bond motifs is 2. The third-order valence-electron chi connectivity index (χ3n) is 5.26. The van der Waals surface area contributed by atoms with Crippen LogP contribution in [-0.4, -0.2) is 42.1 Å². The smallest absolute Gasteiger partial charge is 0.270 e. The fraction of sp³-hybridized carbons (Fsp3) is 0.318. The molecule has 2 aromatic carbocycles. The van der Waals surface area contributed by atoms with Crippen molar-refractivity contribution >= 4 is 16.8 Å². The van der Waals surface area contributed by atoms with Crippen LogP contribution in [0.15, 0.2) is 36.4 Å². The third-order valence-corrected chi connectivity index (χ3v) is 5.26. The van der Waals surface area contributed by atoms with E-state index in [2.05, 4.69) is 31.8 Å². The van der Waals surface area contributed by atoms with Gasteiger partial charge in [0.2, 0.25) is 0 Å². The average molecular weight is 364 g/mol. The largest absolute Gasteiger partial charge is 0.486 e. The Morgan fingerprint density at radius 1 is 1.15 bits per heavy atom. The summed E-state index contributed by atoms with van der Waals surface area (Å²) in [4.78, 5) is 17.9. The number of para-hydroxylation sites is 2. The van der Waals surface area contributed by atoms with Crippen molar-refractivity contribution in [3.05, 3.63) is 58.8 Å². The monoisotopic (exact) mass is 364 g/mol. The van der Waals surface area contributed by atoms with E-state index in [1.807, 2.05) is 30.3 Å². The number of nitrogens with one attached hydrogen (secondary N) is 1. The molecule has 4 rings (SSSR count). The van der Waals surface area contributed by atoms with Crippen LogP contribution >= 0.6 is 0 Å². The second-order valence-corrected chi connectivity index (χ2v) is 7.29. The van der Waals surface area contributed by atoms with E-state index in [1.54, 1.807) is 11.9 Å². The molecule has 0 aliphatic carbocycles. The Balaban J connectivity index is 1.52. The zero-order valence-corrected chi connectivity index (χ0v) is 16.1. The Kier molecular flexibility index (Phi) is 4.30. The van der Waals surface area contributed by atoms with Crippen LogP contribution in [0.5, 0.6) is 11.5 Å². The summed E-state index contributed by atoms with van der Waals surface area (Å²) in [6.45, 7) is 7.13. The van der Waals surface area contributed by atoms with Gasteiger partial charge in [0.1, 0.15) is 12.3 Å². The van der Waals surface area contributed by atoms with Crippen molar-refractivity contribution in [1.82, 2.24) is 9.88 Å². The fourth-order valence-electron chi connectivity index (χ4n) is 3.63. The molecule has 2 heterocycles. The van der Waals surface area contributed by atoms with Crippen LogP contribution in [0.25, 0.3) is 10.9 Å². The van der Waals surface area contributed by atoms with Gasteiger partial charge in [-0.3, -0.25) is 4.79 Å². The van der Waals surface area contributed by atoms with Crippen LogP contribution in [-0.2, 0) is 0 Å². The minimum absolute atomic E-state index is 0.0508. The molecule has 1 amide bonds. The van der Waals surface area contributed by atoms with Gasteiger partial charge in [0.05, 0.1) is 6.54 Å². The quantitative estimate of drug-likeness (QED) is 0.764. The number of rotatable bonds is 3. The normalized spacial score (nSPS) is 15.8. The predicted molar refractivity (Wildman–Crippen MR) is 106 cm³/mol. The molecule has 3 aromatic rings. The van der Waals surface area contributed by atoms with Crippen molar-refractivity contribution in [2.24, 2.45) is 0 Å². The molecule has 0 spiro atoms. The first kappa shape index (κ1) is 17.5. The van der Waals surface area contributed by atoms with Gasteiger partial charge in [-0.05, 0) is 55.7 Å². The summed E-state index contributed by atoms with van der Waals surface area (Å²) in [7, 11) is 1.79. The molecule has 0 bridgehead atoms. The maximum atomic E-state index is 12.9. The molecule has 1 N–H and O–H groups in total. The molecular weight excluding hydrogens is 340 g/mol. The summed E-state index contributed by atoms with van der Waals surface area (Å²) in [6, 6.07) is 11.7. The average Bonchev–Trinajstić information content (AvgIpc) is 3.11. The molecule has 1 aromatic heterocycles. The number of aryl methyl sites for hydroxylation is 3. The lowest BCUT2D eigenvalue weighted by Gasteiger charge is -2.29. The van der Waals surface area contributed by atoms with E-state index in [-0.39, 0.29) is 12.0 Å². The number of amides is 1. The molecule has 0 radical (unpaired) electrons. The molecule has 5 nitrogen and oxygen atoms in total. The SMILES string of the molecule is Cc1cc(C)c2cc(C(=O)N(C)CC3COc4ccccc4O3)[nH]c2c1C. The highest BCUT2D eigenvalue weighted by molar-refractivity contribution is 5.99. The molecule has 5 heteroatoms. The Labute approximate surface area is 158 Å². The highest BCUT2D eigenvalue weighted by Crippen LogP contribution is 2.31. The predicted octanol–water partition coefficient (Wildman–Crippen LogP) is 4.01. The van der Waals surface area contributed by atoms with Crippen molar-refractivity contribution in [3.63, 3.8) is 0 Å². The van der Waals surface area contributed by atoms with E-state index in [4.69, 9.17) is 9.47 Å². The Morgan fingerprint density at radius 2 is 1.89 bits per heavy atom. The fourth-order valence-corrected chi connectivity index (χ4v) is 3.63. The molecule has 0 fully saturated rings. The zero-order chi connectivity index (χ0) is 19.1. The van der Waals surface area contributed by atoms with Crippen LogP contribution in [0, 0.1) is 20.8 Å². The summed E-state index contributed by atoms with van der Waals surface area (Å²) < 4.78 is 11.7. The molecule has 1 aliphatic heterocycles. The number of ether oxygens (including phenoxy) is 2. The number of H-pyrrole nitrogens is 1. The van der Waals surface area contributed by atoms with E-state index >= 15 is 0 Å². The number of hydrogen-bond acceptors (Lipinski definition) is 3.